The van der Waals surface area contributed by atoms with E-state index in [1.54, 1.807) is 0 Å². The average molecular weight is 568 g/mol. The normalized spacial score (nSPS) is 18.1. The van der Waals surface area contributed by atoms with Crippen molar-refractivity contribution < 1.29 is 12.4 Å². The Balaban J connectivity index is 1.82. The maximum absolute atomic E-state index is 6.58. The van der Waals surface area contributed by atoms with Crippen LogP contribution in [0.15, 0.2) is 24.3 Å². The summed E-state index contributed by atoms with van der Waals surface area (Å²) in [4.78, 5) is 0. The van der Waals surface area contributed by atoms with Crippen molar-refractivity contribution in [3.8, 4) is 23.0 Å². The molecule has 182 valence electrons. The molecule has 2 aromatic carbocycles. The van der Waals surface area contributed by atoms with E-state index in [1.807, 2.05) is 0 Å². The summed E-state index contributed by atoms with van der Waals surface area (Å²) in [6.07, 6.45) is 0. The van der Waals surface area contributed by atoms with Gasteiger partial charge in [-0.25, -0.2) is 0 Å². The molecule has 0 saturated carbocycles. The third-order valence-corrected chi connectivity index (χ3v) is 10.5. The molecule has 0 atom stereocenters. The molecule has 33 heavy (non-hydrogen) atoms. The van der Waals surface area contributed by atoms with Crippen LogP contribution < -0.4 is 12.4 Å². The van der Waals surface area contributed by atoms with Gasteiger partial charge in [-0.3, -0.25) is 0 Å². The number of rotatable bonds is 0. The second-order valence-electron chi connectivity index (χ2n) is 13.4. The summed E-state index contributed by atoms with van der Waals surface area (Å²) >= 11 is -4.13. The second-order valence-corrected chi connectivity index (χ2v) is 17.7. The Morgan fingerprint density at radius 2 is 0.788 bits per heavy atom. The first-order valence-electron chi connectivity index (χ1n) is 11.8. The zero-order valence-corrected chi connectivity index (χ0v) is 24.7. The van der Waals surface area contributed by atoms with Crippen LogP contribution in [0.25, 0.3) is 0 Å². The molecule has 0 N–H and O–H groups in total. The summed E-state index contributed by atoms with van der Waals surface area (Å²) in [6, 6.07) is 8.72. The summed E-state index contributed by atoms with van der Waals surface area (Å²) < 4.78 is 26.2. The van der Waals surface area contributed by atoms with E-state index < -0.39 is 19.8 Å². The summed E-state index contributed by atoms with van der Waals surface area (Å²) in [5.74, 6) is 3.04. The van der Waals surface area contributed by atoms with Crippen LogP contribution in [0.4, 0.5) is 0 Å². The van der Waals surface area contributed by atoms with Gasteiger partial charge in [-0.2, -0.15) is 0 Å². The second kappa shape index (κ2) is 7.22. The van der Waals surface area contributed by atoms with Gasteiger partial charge in [0.15, 0.2) is 0 Å². The summed E-state index contributed by atoms with van der Waals surface area (Å²) in [7, 11) is 0. The van der Waals surface area contributed by atoms with Crippen LogP contribution >= 0.6 is 0 Å². The van der Waals surface area contributed by atoms with E-state index in [2.05, 4.69) is 107 Å². The molecule has 4 nitrogen and oxygen atoms in total. The van der Waals surface area contributed by atoms with Gasteiger partial charge in [-0.05, 0) is 0 Å². The summed E-state index contributed by atoms with van der Waals surface area (Å²) in [5.41, 5.74) is 4.46. The van der Waals surface area contributed by atoms with Gasteiger partial charge in [0.1, 0.15) is 0 Å². The summed E-state index contributed by atoms with van der Waals surface area (Å²) in [5, 5.41) is 0. The average Bonchev–Trinajstić information content (AvgIpc) is 3.14. The fourth-order valence-electron chi connectivity index (χ4n) is 4.01. The molecule has 5 heteroatoms. The van der Waals surface area contributed by atoms with Crippen molar-refractivity contribution in [2.24, 2.45) is 0 Å². The van der Waals surface area contributed by atoms with Gasteiger partial charge in [0.25, 0.3) is 0 Å². The number of hydrogen-bond acceptors (Lipinski definition) is 4. The third kappa shape index (κ3) is 4.44. The maximum atomic E-state index is 6.58. The van der Waals surface area contributed by atoms with Crippen LogP contribution in [0.5, 0.6) is 23.0 Å². The van der Waals surface area contributed by atoms with Crippen LogP contribution in [-0.4, -0.2) is 19.8 Å². The Bertz CT molecular complexity index is 1020. The van der Waals surface area contributed by atoms with Gasteiger partial charge in [0.05, 0.1) is 0 Å². The fraction of sp³-hybridized carbons (Fsp3) is 0.571. The van der Waals surface area contributed by atoms with Gasteiger partial charge < -0.3 is 0 Å². The van der Waals surface area contributed by atoms with Gasteiger partial charge >= 0.3 is 206 Å². The van der Waals surface area contributed by atoms with Crippen LogP contribution in [0, 0.1) is 0 Å². The van der Waals surface area contributed by atoms with E-state index in [9.17, 15) is 0 Å². The molecule has 0 saturated heterocycles. The molecule has 4 rings (SSSR count). The molecule has 2 aliphatic rings. The predicted molar refractivity (Wildman–Crippen MR) is 136 cm³/mol. The quantitative estimate of drug-likeness (QED) is 0.308. The Kier molecular flexibility index (Phi) is 5.37. The Morgan fingerprint density at radius 1 is 0.455 bits per heavy atom. The van der Waals surface area contributed by atoms with Crippen LogP contribution in [0.1, 0.15) is 105 Å². The zero-order chi connectivity index (χ0) is 24.8. The Labute approximate surface area is 205 Å². The standard InChI is InChI=1S/C28H40O4Te/c1-25(2,3)17-13-19(27(7,8)9)23-21(15-17)29-33(31-23)30-22-16-18(26(4,5)6)14-20(24(22)32-33)28(10,11)12/h13-16H,1-12H3. The molecule has 0 aromatic heterocycles. The monoisotopic (exact) mass is 570 g/mol. The minimum absolute atomic E-state index is 0.0111. The fourth-order valence-corrected chi connectivity index (χ4v) is 8.70. The van der Waals surface area contributed by atoms with Crippen molar-refractivity contribution in [1.29, 1.82) is 0 Å². The number of fused-ring (bicyclic) bond motifs is 2. The van der Waals surface area contributed by atoms with E-state index in [0.29, 0.717) is 0 Å². The molecule has 0 unspecified atom stereocenters. The van der Waals surface area contributed by atoms with E-state index in [4.69, 9.17) is 12.4 Å². The van der Waals surface area contributed by atoms with E-state index in [0.717, 1.165) is 34.1 Å². The van der Waals surface area contributed by atoms with Crippen molar-refractivity contribution in [1.82, 2.24) is 0 Å². The molecule has 0 aliphatic carbocycles. The minimum atomic E-state index is -4.13. The first-order chi connectivity index (χ1) is 14.8. The van der Waals surface area contributed by atoms with Crippen molar-refractivity contribution in [2.75, 3.05) is 0 Å². The molecule has 0 fully saturated rings. The molecule has 0 radical (unpaired) electrons. The van der Waals surface area contributed by atoms with Gasteiger partial charge in [-0.15, -0.1) is 0 Å². The molecule has 2 heterocycles. The predicted octanol–water partition coefficient (Wildman–Crippen LogP) is 7.55. The molecule has 1 spiro atoms. The van der Waals surface area contributed by atoms with E-state index in [-0.39, 0.29) is 21.7 Å². The first-order valence-corrected chi connectivity index (χ1v) is 15.6. The van der Waals surface area contributed by atoms with E-state index >= 15 is 0 Å². The van der Waals surface area contributed by atoms with Gasteiger partial charge in [-0.1, -0.05) is 0 Å². The van der Waals surface area contributed by atoms with Crippen molar-refractivity contribution in [2.45, 2.75) is 105 Å². The Morgan fingerprint density at radius 3 is 1.06 bits per heavy atom. The van der Waals surface area contributed by atoms with E-state index in [1.165, 1.54) is 11.1 Å². The molecular weight excluding hydrogens is 528 g/mol. The van der Waals surface area contributed by atoms with Gasteiger partial charge in [0.2, 0.25) is 0 Å². The third-order valence-electron chi connectivity index (χ3n) is 6.21. The first kappa shape index (κ1) is 24.6. The van der Waals surface area contributed by atoms with Gasteiger partial charge in [0, 0.05) is 0 Å². The van der Waals surface area contributed by atoms with Crippen LogP contribution in [-0.2, 0) is 21.7 Å². The number of hydrogen-bond donors (Lipinski definition) is 0. The molecule has 2 aliphatic heterocycles. The van der Waals surface area contributed by atoms with Crippen molar-refractivity contribution in [3.05, 3.63) is 46.5 Å². The molecular formula is C28H40O4Te. The molecule has 0 bridgehead atoms. The Hall–Kier alpha value is -1.57. The topological polar surface area (TPSA) is 36.9 Å². The number of benzene rings is 2. The molecule has 0 amide bonds. The van der Waals surface area contributed by atoms with Crippen LogP contribution in [0.2, 0.25) is 0 Å². The summed E-state index contributed by atoms with van der Waals surface area (Å²) in [6.45, 7) is 26.5. The molecule has 2 aromatic rings. The SMILES string of the molecule is CC(C)(C)c1cc2c(c(C(C)(C)C)c1)O[Te]1(O2)Oc2cc(C(C)(C)C)cc(C(C)(C)C)c2O1. The van der Waals surface area contributed by atoms with Crippen molar-refractivity contribution >= 4 is 19.8 Å². The van der Waals surface area contributed by atoms with Crippen LogP contribution in [0.3, 0.4) is 0 Å². The zero-order valence-electron chi connectivity index (χ0n) is 22.4. The van der Waals surface area contributed by atoms with Crippen molar-refractivity contribution in [3.63, 3.8) is 0 Å².